The molecule has 1 amide bonds. The molecule has 1 N–H and O–H groups in total. The average Bonchev–Trinajstić information content (AvgIpc) is 2.50. The Bertz CT molecular complexity index is 807. The van der Waals surface area contributed by atoms with Crippen LogP contribution in [0.5, 0.6) is 0 Å². The van der Waals surface area contributed by atoms with Gasteiger partial charge in [0.25, 0.3) is 11.6 Å². The third kappa shape index (κ3) is 4.28. The van der Waals surface area contributed by atoms with Crippen LogP contribution in [0.1, 0.15) is 21.5 Å². The minimum absolute atomic E-state index is 0.0409. The molecule has 118 valence electrons. The number of carbonyl (C=O) groups excluding carboxylic acids is 1. The predicted octanol–water partition coefficient (Wildman–Crippen LogP) is 3.97. The highest BCUT2D eigenvalue weighted by atomic mass is 35.5. The molecule has 0 saturated heterocycles. The van der Waals surface area contributed by atoms with Crippen molar-refractivity contribution in [3.05, 3.63) is 73.2 Å². The first kappa shape index (κ1) is 16.9. The van der Waals surface area contributed by atoms with Crippen LogP contribution < -0.4 is 5.43 Å². The lowest BCUT2D eigenvalue weighted by Crippen LogP contribution is -2.17. The maximum atomic E-state index is 11.9. The first-order valence-electron chi connectivity index (χ1n) is 6.42. The van der Waals surface area contributed by atoms with E-state index in [1.54, 1.807) is 25.1 Å². The maximum absolute atomic E-state index is 11.9. The minimum Gasteiger partial charge on any atom is -0.267 e. The van der Waals surface area contributed by atoms with Crippen molar-refractivity contribution in [3.63, 3.8) is 0 Å². The van der Waals surface area contributed by atoms with E-state index in [1.807, 2.05) is 0 Å². The Labute approximate surface area is 141 Å². The summed E-state index contributed by atoms with van der Waals surface area (Å²) in [6.07, 6.45) is 1.42. The van der Waals surface area contributed by atoms with E-state index < -0.39 is 10.8 Å². The number of hydrazone groups is 1. The average molecular weight is 352 g/mol. The van der Waals surface area contributed by atoms with Gasteiger partial charge in [-0.2, -0.15) is 5.10 Å². The SMILES string of the molecule is Cc1cc(C(=O)NN=Cc2ccc(Cl)c(Cl)c2)ccc1[N+](=O)[O-]. The third-order valence-electron chi connectivity index (χ3n) is 2.98. The van der Waals surface area contributed by atoms with Crippen LogP contribution in [-0.4, -0.2) is 17.0 Å². The highest BCUT2D eigenvalue weighted by Crippen LogP contribution is 2.22. The smallest absolute Gasteiger partial charge is 0.267 e. The molecular weight excluding hydrogens is 341 g/mol. The number of carbonyl (C=O) groups is 1. The summed E-state index contributed by atoms with van der Waals surface area (Å²) in [7, 11) is 0. The van der Waals surface area contributed by atoms with Crippen molar-refractivity contribution in [2.24, 2.45) is 5.10 Å². The number of aryl methyl sites for hydroxylation is 1. The Morgan fingerprint density at radius 1 is 1.22 bits per heavy atom. The first-order valence-corrected chi connectivity index (χ1v) is 7.17. The molecule has 0 aliphatic heterocycles. The molecule has 0 radical (unpaired) electrons. The van der Waals surface area contributed by atoms with Gasteiger partial charge in [-0.25, -0.2) is 5.43 Å². The number of hydrogen-bond donors (Lipinski definition) is 1. The second kappa shape index (κ2) is 7.21. The van der Waals surface area contributed by atoms with Gasteiger partial charge in [-0.3, -0.25) is 14.9 Å². The van der Waals surface area contributed by atoms with Gasteiger partial charge in [0.15, 0.2) is 0 Å². The number of nitro groups is 1. The van der Waals surface area contributed by atoms with Crippen molar-refractivity contribution in [3.8, 4) is 0 Å². The fraction of sp³-hybridized carbons (Fsp3) is 0.0667. The van der Waals surface area contributed by atoms with Crippen LogP contribution in [0.15, 0.2) is 41.5 Å². The van der Waals surface area contributed by atoms with E-state index in [2.05, 4.69) is 10.5 Å². The summed E-state index contributed by atoms with van der Waals surface area (Å²) in [6.45, 7) is 1.56. The predicted molar refractivity (Wildman–Crippen MR) is 89.4 cm³/mol. The van der Waals surface area contributed by atoms with E-state index in [0.29, 0.717) is 21.2 Å². The van der Waals surface area contributed by atoms with Crippen molar-refractivity contribution in [2.45, 2.75) is 6.92 Å². The molecule has 0 aliphatic rings. The Hall–Kier alpha value is -2.44. The fourth-order valence-corrected chi connectivity index (χ4v) is 2.13. The van der Waals surface area contributed by atoms with Crippen LogP contribution in [-0.2, 0) is 0 Å². The zero-order valence-corrected chi connectivity index (χ0v) is 13.4. The van der Waals surface area contributed by atoms with Crippen molar-refractivity contribution in [1.29, 1.82) is 0 Å². The molecule has 0 atom stereocenters. The minimum atomic E-state index is -0.501. The molecule has 0 spiro atoms. The Morgan fingerprint density at radius 2 is 1.96 bits per heavy atom. The van der Waals surface area contributed by atoms with Gasteiger partial charge in [-0.05, 0) is 36.8 Å². The summed E-state index contributed by atoms with van der Waals surface area (Å²) in [6, 6.07) is 9.01. The molecule has 0 unspecified atom stereocenters. The zero-order valence-electron chi connectivity index (χ0n) is 11.9. The van der Waals surface area contributed by atoms with E-state index in [1.165, 1.54) is 24.4 Å². The molecule has 0 aliphatic carbocycles. The number of rotatable bonds is 4. The summed E-state index contributed by atoms with van der Waals surface area (Å²) < 4.78 is 0. The number of nitrogens with zero attached hydrogens (tertiary/aromatic N) is 2. The van der Waals surface area contributed by atoms with Crippen molar-refractivity contribution >= 4 is 41.0 Å². The second-order valence-electron chi connectivity index (χ2n) is 4.63. The lowest BCUT2D eigenvalue weighted by atomic mass is 10.1. The highest BCUT2D eigenvalue weighted by Gasteiger charge is 2.13. The van der Waals surface area contributed by atoms with E-state index in [9.17, 15) is 14.9 Å². The summed E-state index contributed by atoms with van der Waals surface area (Å²) in [5, 5.41) is 15.4. The molecule has 2 aromatic carbocycles. The summed E-state index contributed by atoms with van der Waals surface area (Å²) in [5.74, 6) is -0.473. The lowest BCUT2D eigenvalue weighted by molar-refractivity contribution is -0.385. The van der Waals surface area contributed by atoms with Gasteiger partial charge in [-0.15, -0.1) is 0 Å². The monoisotopic (exact) mass is 351 g/mol. The Balaban J connectivity index is 2.07. The van der Waals surface area contributed by atoms with Crippen molar-refractivity contribution < 1.29 is 9.72 Å². The molecule has 0 saturated carbocycles. The molecule has 23 heavy (non-hydrogen) atoms. The molecule has 2 aromatic rings. The molecular formula is C15H11Cl2N3O3. The Morgan fingerprint density at radius 3 is 2.57 bits per heavy atom. The van der Waals surface area contributed by atoms with Crippen molar-refractivity contribution in [1.82, 2.24) is 5.43 Å². The van der Waals surface area contributed by atoms with Gasteiger partial charge in [0.2, 0.25) is 0 Å². The van der Waals surface area contributed by atoms with Crippen LogP contribution in [0.25, 0.3) is 0 Å². The topological polar surface area (TPSA) is 84.6 Å². The second-order valence-corrected chi connectivity index (χ2v) is 5.45. The van der Waals surface area contributed by atoms with Crippen LogP contribution in [0.4, 0.5) is 5.69 Å². The summed E-state index contributed by atoms with van der Waals surface area (Å²) >= 11 is 11.7. The fourth-order valence-electron chi connectivity index (χ4n) is 1.82. The van der Waals surface area contributed by atoms with E-state index in [4.69, 9.17) is 23.2 Å². The molecule has 8 heteroatoms. The quantitative estimate of drug-likeness (QED) is 0.513. The molecule has 6 nitrogen and oxygen atoms in total. The molecule has 0 heterocycles. The number of amides is 1. The lowest BCUT2D eigenvalue weighted by Gasteiger charge is -2.02. The van der Waals surface area contributed by atoms with Crippen LogP contribution in [0.2, 0.25) is 10.0 Å². The third-order valence-corrected chi connectivity index (χ3v) is 3.72. The maximum Gasteiger partial charge on any atom is 0.272 e. The first-order chi connectivity index (χ1) is 10.9. The van der Waals surface area contributed by atoms with Gasteiger partial charge >= 0.3 is 0 Å². The largest absolute Gasteiger partial charge is 0.272 e. The number of halogens is 2. The van der Waals surface area contributed by atoms with Gasteiger partial charge in [0, 0.05) is 17.2 Å². The number of hydrogen-bond acceptors (Lipinski definition) is 4. The van der Waals surface area contributed by atoms with E-state index in [0.717, 1.165) is 0 Å². The van der Waals surface area contributed by atoms with Gasteiger partial charge in [0.05, 0.1) is 21.2 Å². The van der Waals surface area contributed by atoms with Gasteiger partial charge in [0.1, 0.15) is 0 Å². The molecule has 2 rings (SSSR count). The highest BCUT2D eigenvalue weighted by molar-refractivity contribution is 6.42. The van der Waals surface area contributed by atoms with Gasteiger partial charge in [-0.1, -0.05) is 29.3 Å². The normalized spacial score (nSPS) is 10.7. The number of benzene rings is 2. The van der Waals surface area contributed by atoms with Crippen molar-refractivity contribution in [2.75, 3.05) is 0 Å². The van der Waals surface area contributed by atoms with Crippen LogP contribution in [0, 0.1) is 17.0 Å². The Kier molecular flexibility index (Phi) is 5.31. The standard InChI is InChI=1S/C15H11Cl2N3O3/c1-9-6-11(3-5-14(9)20(22)23)15(21)19-18-8-10-2-4-12(16)13(17)7-10/h2-8H,1H3,(H,19,21). The van der Waals surface area contributed by atoms with Gasteiger partial charge < -0.3 is 0 Å². The summed E-state index contributed by atoms with van der Waals surface area (Å²) in [5.41, 5.74) is 3.64. The van der Waals surface area contributed by atoms with Crippen LogP contribution >= 0.6 is 23.2 Å². The molecule has 0 fully saturated rings. The van der Waals surface area contributed by atoms with Crippen LogP contribution in [0.3, 0.4) is 0 Å². The van der Waals surface area contributed by atoms with E-state index >= 15 is 0 Å². The molecule has 0 aromatic heterocycles. The zero-order chi connectivity index (χ0) is 17.0. The van der Waals surface area contributed by atoms with E-state index in [-0.39, 0.29) is 11.3 Å². The number of nitrogens with one attached hydrogen (secondary N) is 1. The number of nitro benzene ring substituents is 1. The molecule has 0 bridgehead atoms. The summed E-state index contributed by atoms with van der Waals surface area (Å²) in [4.78, 5) is 22.2.